The minimum Gasteiger partial charge on any atom is -0.260 e. The van der Waals surface area contributed by atoms with Gasteiger partial charge in [-0.2, -0.15) is 0 Å². The maximum Gasteiger partial charge on any atom is 0.0800 e. The number of hydrogen-bond acceptors (Lipinski definition) is 2. The van der Waals surface area contributed by atoms with E-state index in [-0.39, 0.29) is 6.04 Å². The highest BCUT2D eigenvalue weighted by Crippen LogP contribution is 2.38. The summed E-state index contributed by atoms with van der Waals surface area (Å²) in [7, 11) is 0. The van der Waals surface area contributed by atoms with Crippen LogP contribution in [0, 0.1) is 5.92 Å². The molecule has 0 radical (unpaired) electrons. The Bertz CT molecular complexity index is 379. The number of azide groups is 1. The van der Waals surface area contributed by atoms with Crippen LogP contribution in [0.3, 0.4) is 0 Å². The second-order valence-electron chi connectivity index (χ2n) is 3.80. The molecule has 5 heteroatoms. The van der Waals surface area contributed by atoms with Crippen molar-refractivity contribution in [3.63, 3.8) is 0 Å². The molecule has 0 amide bonds. The van der Waals surface area contributed by atoms with Crippen molar-refractivity contribution in [3.05, 3.63) is 38.9 Å². The quantitative estimate of drug-likeness (QED) is 0.462. The van der Waals surface area contributed by atoms with Crippen molar-refractivity contribution in [2.24, 2.45) is 11.0 Å². The molecule has 0 N–H and O–H groups in total. The van der Waals surface area contributed by atoms with Gasteiger partial charge in [-0.15, -0.1) is 0 Å². The molecule has 1 aromatic rings. The van der Waals surface area contributed by atoms with Crippen LogP contribution in [0.1, 0.15) is 31.0 Å². The van der Waals surface area contributed by atoms with Gasteiger partial charge in [0, 0.05) is 21.3 Å². The Kier molecular flexibility index (Phi) is 3.23. The van der Waals surface area contributed by atoms with Crippen molar-refractivity contribution in [3.8, 4) is 0 Å². The topological polar surface area (TPSA) is 61.7 Å². The lowest BCUT2D eigenvalue weighted by molar-refractivity contribution is 0.580. The molecule has 1 heterocycles. The van der Waals surface area contributed by atoms with Crippen LogP contribution in [0.2, 0.25) is 0 Å². The first-order valence-electron chi connectivity index (χ1n) is 4.95. The number of pyridine rings is 1. The summed E-state index contributed by atoms with van der Waals surface area (Å²) in [4.78, 5) is 7.16. The summed E-state index contributed by atoms with van der Waals surface area (Å²) >= 11 is 3.33. The second-order valence-corrected chi connectivity index (χ2v) is 4.72. The summed E-state index contributed by atoms with van der Waals surface area (Å²) < 4.78 is 0.942. The van der Waals surface area contributed by atoms with Gasteiger partial charge in [-0.3, -0.25) is 4.98 Å². The lowest BCUT2D eigenvalue weighted by Crippen LogP contribution is -1.98. The van der Waals surface area contributed by atoms with E-state index in [4.69, 9.17) is 5.53 Å². The maximum atomic E-state index is 8.51. The van der Waals surface area contributed by atoms with E-state index in [0.717, 1.165) is 22.5 Å². The van der Waals surface area contributed by atoms with Crippen LogP contribution in [-0.2, 0) is 0 Å². The molecule has 1 unspecified atom stereocenters. The van der Waals surface area contributed by atoms with Crippen molar-refractivity contribution in [2.45, 2.75) is 25.3 Å². The summed E-state index contributed by atoms with van der Waals surface area (Å²) in [5.41, 5.74) is 9.37. The van der Waals surface area contributed by atoms with Crippen LogP contribution >= 0.6 is 15.9 Å². The fourth-order valence-electron chi connectivity index (χ4n) is 1.54. The van der Waals surface area contributed by atoms with E-state index < -0.39 is 0 Å². The van der Waals surface area contributed by atoms with Gasteiger partial charge in [0.15, 0.2) is 0 Å². The molecule has 15 heavy (non-hydrogen) atoms. The van der Waals surface area contributed by atoms with Crippen molar-refractivity contribution >= 4 is 15.9 Å². The van der Waals surface area contributed by atoms with E-state index >= 15 is 0 Å². The Morgan fingerprint density at radius 2 is 2.40 bits per heavy atom. The van der Waals surface area contributed by atoms with Crippen LogP contribution in [-0.4, -0.2) is 4.98 Å². The molecule has 4 nitrogen and oxygen atoms in total. The molecular weight excluding hydrogens is 256 g/mol. The fraction of sp³-hybridized carbons (Fsp3) is 0.500. The second kappa shape index (κ2) is 4.64. The largest absolute Gasteiger partial charge is 0.260 e. The molecule has 1 fully saturated rings. The lowest BCUT2D eigenvalue weighted by Gasteiger charge is -2.09. The van der Waals surface area contributed by atoms with Crippen molar-refractivity contribution in [2.75, 3.05) is 0 Å². The number of halogens is 1. The number of rotatable bonds is 4. The molecule has 1 aromatic heterocycles. The van der Waals surface area contributed by atoms with E-state index in [2.05, 4.69) is 30.9 Å². The predicted molar refractivity (Wildman–Crippen MR) is 61.2 cm³/mol. The summed E-state index contributed by atoms with van der Waals surface area (Å²) in [6.45, 7) is 0. The first-order chi connectivity index (χ1) is 7.29. The molecule has 0 bridgehead atoms. The third-order valence-electron chi connectivity index (χ3n) is 2.54. The Morgan fingerprint density at radius 3 is 2.93 bits per heavy atom. The molecule has 1 aliphatic rings. The van der Waals surface area contributed by atoms with Crippen molar-refractivity contribution in [1.82, 2.24) is 4.98 Å². The summed E-state index contributed by atoms with van der Waals surface area (Å²) in [6, 6.07) is 3.73. The van der Waals surface area contributed by atoms with Crippen LogP contribution in [0.25, 0.3) is 10.4 Å². The van der Waals surface area contributed by atoms with Gasteiger partial charge in [0.05, 0.1) is 6.04 Å². The summed E-state index contributed by atoms with van der Waals surface area (Å²) in [6.07, 6.45) is 5.18. The molecule has 0 saturated heterocycles. The average Bonchev–Trinajstić information content (AvgIpc) is 3.02. The van der Waals surface area contributed by atoms with Gasteiger partial charge in [0.1, 0.15) is 0 Å². The summed E-state index contributed by atoms with van der Waals surface area (Å²) in [5, 5.41) is 3.81. The Hall–Kier alpha value is -1.06. The number of aromatic nitrogens is 1. The third kappa shape index (κ3) is 2.94. The third-order valence-corrected chi connectivity index (χ3v) is 3.01. The van der Waals surface area contributed by atoms with Crippen LogP contribution in [0.15, 0.2) is 27.9 Å². The molecule has 0 spiro atoms. The van der Waals surface area contributed by atoms with E-state index in [9.17, 15) is 0 Å². The highest BCUT2D eigenvalue weighted by Gasteiger charge is 2.26. The number of nitrogens with zero attached hydrogens (tertiary/aromatic N) is 4. The zero-order valence-electron chi connectivity index (χ0n) is 8.17. The zero-order chi connectivity index (χ0) is 10.7. The molecular formula is C10H11BrN4. The van der Waals surface area contributed by atoms with E-state index in [0.29, 0.717) is 0 Å². The SMILES string of the molecule is [N-]=[N+]=NC(CC1CC1)c1ccc(Br)cn1. The molecule has 1 aliphatic carbocycles. The van der Waals surface area contributed by atoms with E-state index in [1.807, 2.05) is 12.1 Å². The van der Waals surface area contributed by atoms with Crippen LogP contribution in [0.4, 0.5) is 0 Å². The molecule has 0 aliphatic heterocycles. The Labute approximate surface area is 96.5 Å². The lowest BCUT2D eigenvalue weighted by atomic mass is 10.1. The van der Waals surface area contributed by atoms with Gasteiger partial charge in [0.2, 0.25) is 0 Å². The minimum absolute atomic E-state index is 0.101. The van der Waals surface area contributed by atoms with Gasteiger partial charge in [-0.25, -0.2) is 0 Å². The molecule has 78 valence electrons. The standard InChI is InChI=1S/C10H11BrN4/c11-8-3-4-9(13-6-8)10(14-15-12)5-7-1-2-7/h3-4,6-7,10H,1-2,5H2. The van der Waals surface area contributed by atoms with E-state index in [1.165, 1.54) is 12.8 Å². The molecule has 1 saturated carbocycles. The Morgan fingerprint density at radius 1 is 1.60 bits per heavy atom. The molecule has 1 atom stereocenters. The van der Waals surface area contributed by atoms with Gasteiger partial charge in [-0.05, 0) is 45.9 Å². The first-order valence-corrected chi connectivity index (χ1v) is 5.74. The Balaban J connectivity index is 2.14. The highest BCUT2D eigenvalue weighted by atomic mass is 79.9. The maximum absolute atomic E-state index is 8.51. The van der Waals surface area contributed by atoms with Crippen molar-refractivity contribution < 1.29 is 0 Å². The molecule has 2 rings (SSSR count). The van der Waals surface area contributed by atoms with Gasteiger partial charge >= 0.3 is 0 Å². The first kappa shape index (κ1) is 10.5. The summed E-state index contributed by atoms with van der Waals surface area (Å²) in [5.74, 6) is 0.728. The highest BCUT2D eigenvalue weighted by molar-refractivity contribution is 9.10. The van der Waals surface area contributed by atoms with Gasteiger partial charge < -0.3 is 0 Å². The van der Waals surface area contributed by atoms with Crippen LogP contribution in [0.5, 0.6) is 0 Å². The van der Waals surface area contributed by atoms with Crippen LogP contribution < -0.4 is 0 Å². The normalized spacial score (nSPS) is 16.9. The van der Waals surface area contributed by atoms with Crippen molar-refractivity contribution in [1.29, 1.82) is 0 Å². The van der Waals surface area contributed by atoms with Gasteiger partial charge in [0.25, 0.3) is 0 Å². The fourth-order valence-corrected chi connectivity index (χ4v) is 1.78. The monoisotopic (exact) mass is 266 g/mol. The van der Waals surface area contributed by atoms with E-state index in [1.54, 1.807) is 6.20 Å². The minimum atomic E-state index is -0.101. The smallest absolute Gasteiger partial charge is 0.0800 e. The average molecular weight is 267 g/mol. The van der Waals surface area contributed by atoms with Gasteiger partial charge in [-0.1, -0.05) is 18.0 Å². The zero-order valence-corrected chi connectivity index (χ0v) is 9.76. The number of hydrogen-bond donors (Lipinski definition) is 0. The molecule has 0 aromatic carbocycles. The predicted octanol–water partition coefficient (Wildman–Crippen LogP) is 4.00.